The smallest absolute Gasteiger partial charge is 0.165 e. The van der Waals surface area contributed by atoms with Gasteiger partial charge in [0.2, 0.25) is 0 Å². The Morgan fingerprint density at radius 1 is 0.964 bits per heavy atom. The van der Waals surface area contributed by atoms with Gasteiger partial charge in [0.15, 0.2) is 23.1 Å². The first kappa shape index (κ1) is 19.9. The van der Waals surface area contributed by atoms with Crippen LogP contribution in [0.1, 0.15) is 13.8 Å². The fraction of sp³-hybridized carbons (Fsp3) is 0.318. The van der Waals surface area contributed by atoms with E-state index in [-0.39, 0.29) is 5.75 Å². The van der Waals surface area contributed by atoms with Gasteiger partial charge >= 0.3 is 0 Å². The summed E-state index contributed by atoms with van der Waals surface area (Å²) in [5.41, 5.74) is 0.687. The third kappa shape index (κ3) is 4.51. The Bertz CT molecular complexity index is 929. The Hall–Kier alpha value is -2.86. The summed E-state index contributed by atoms with van der Waals surface area (Å²) in [7, 11) is 1.59. The number of hydrogen-bond acceptors (Lipinski definition) is 5. The van der Waals surface area contributed by atoms with Gasteiger partial charge < -0.3 is 19.1 Å². The van der Waals surface area contributed by atoms with Gasteiger partial charge in [-0.25, -0.2) is 4.39 Å². The lowest BCUT2D eigenvalue weighted by molar-refractivity contribution is 0.217. The molecule has 0 aliphatic carbocycles. The van der Waals surface area contributed by atoms with Crippen LogP contribution >= 0.6 is 0 Å². The van der Waals surface area contributed by atoms with Gasteiger partial charge in [0.1, 0.15) is 12.4 Å². The van der Waals surface area contributed by atoms with Gasteiger partial charge in [-0.3, -0.25) is 4.98 Å². The first-order valence-corrected chi connectivity index (χ1v) is 9.40. The molecule has 0 saturated heterocycles. The molecule has 0 N–H and O–H groups in total. The number of benzene rings is 2. The molecule has 0 unspecified atom stereocenters. The Balaban J connectivity index is 1.87. The molecule has 0 spiro atoms. The normalized spacial score (nSPS) is 11.0. The van der Waals surface area contributed by atoms with E-state index in [0.717, 1.165) is 25.0 Å². The molecule has 0 bridgehead atoms. The van der Waals surface area contributed by atoms with Crippen molar-refractivity contribution < 1.29 is 18.6 Å². The van der Waals surface area contributed by atoms with E-state index in [1.807, 2.05) is 12.1 Å². The van der Waals surface area contributed by atoms with Gasteiger partial charge in [-0.2, -0.15) is 0 Å². The molecule has 2 aromatic carbocycles. The minimum Gasteiger partial charge on any atom is -0.493 e. The molecule has 0 aliphatic rings. The minimum absolute atomic E-state index is 0.161. The number of ether oxygens (including phenoxy) is 3. The van der Waals surface area contributed by atoms with Crippen molar-refractivity contribution in [1.82, 2.24) is 9.88 Å². The number of halogens is 1. The fourth-order valence-corrected chi connectivity index (χ4v) is 2.96. The average Bonchev–Trinajstić information content (AvgIpc) is 2.72. The Labute approximate surface area is 164 Å². The van der Waals surface area contributed by atoms with E-state index in [1.54, 1.807) is 37.6 Å². The number of nitrogens with zero attached hydrogens (tertiary/aromatic N) is 2. The van der Waals surface area contributed by atoms with Crippen LogP contribution in [0.5, 0.6) is 23.0 Å². The lowest BCUT2D eigenvalue weighted by Gasteiger charge is -2.19. The van der Waals surface area contributed by atoms with E-state index in [1.165, 1.54) is 6.07 Å². The van der Waals surface area contributed by atoms with E-state index < -0.39 is 5.82 Å². The zero-order valence-corrected chi connectivity index (χ0v) is 16.4. The number of pyridine rings is 1. The van der Waals surface area contributed by atoms with Crippen LogP contribution in [0.3, 0.4) is 0 Å². The highest BCUT2D eigenvalue weighted by molar-refractivity contribution is 5.88. The van der Waals surface area contributed by atoms with E-state index in [4.69, 9.17) is 14.2 Å². The first-order chi connectivity index (χ1) is 13.7. The van der Waals surface area contributed by atoms with Crippen LogP contribution in [-0.2, 0) is 0 Å². The molecule has 5 nitrogen and oxygen atoms in total. The average molecular weight is 384 g/mol. The van der Waals surface area contributed by atoms with Crippen molar-refractivity contribution in [3.63, 3.8) is 0 Å². The summed E-state index contributed by atoms with van der Waals surface area (Å²) in [5.74, 6) is 1.45. The van der Waals surface area contributed by atoms with E-state index in [9.17, 15) is 4.39 Å². The lowest BCUT2D eigenvalue weighted by Crippen LogP contribution is -2.27. The number of para-hydroxylation sites is 1. The van der Waals surface area contributed by atoms with Crippen molar-refractivity contribution in [3.05, 3.63) is 54.5 Å². The summed E-state index contributed by atoms with van der Waals surface area (Å²) in [6.07, 6.45) is 1.63. The standard InChI is InChI=1S/C22H25FN2O3/c1-4-25(5-2)12-13-27-22-15-18-16(14-21(22)26-3)19(10-11-24-18)28-20-9-7-6-8-17(20)23/h6-11,14-15H,4-5,12-13H2,1-3H3. The summed E-state index contributed by atoms with van der Waals surface area (Å²) in [6.45, 7) is 7.59. The van der Waals surface area contributed by atoms with E-state index >= 15 is 0 Å². The van der Waals surface area contributed by atoms with Gasteiger partial charge in [0.05, 0.1) is 12.6 Å². The summed E-state index contributed by atoms with van der Waals surface area (Å²) in [4.78, 5) is 6.68. The highest BCUT2D eigenvalue weighted by Crippen LogP contribution is 2.37. The van der Waals surface area contributed by atoms with Gasteiger partial charge in [-0.1, -0.05) is 26.0 Å². The van der Waals surface area contributed by atoms with E-state index in [2.05, 4.69) is 23.7 Å². The molecular formula is C22H25FN2O3. The van der Waals surface area contributed by atoms with Crippen molar-refractivity contribution >= 4 is 10.9 Å². The van der Waals surface area contributed by atoms with Crippen LogP contribution in [-0.4, -0.2) is 43.2 Å². The number of methoxy groups -OCH3 is 1. The largest absolute Gasteiger partial charge is 0.493 e. The maximum absolute atomic E-state index is 14.0. The second kappa shape index (κ2) is 9.37. The van der Waals surface area contributed by atoms with Crippen LogP contribution in [0.4, 0.5) is 4.39 Å². The third-order valence-electron chi connectivity index (χ3n) is 4.60. The topological polar surface area (TPSA) is 43.8 Å². The maximum atomic E-state index is 14.0. The van der Waals surface area contributed by atoms with E-state index in [0.29, 0.717) is 29.4 Å². The van der Waals surface area contributed by atoms with Crippen molar-refractivity contribution in [2.24, 2.45) is 0 Å². The number of hydrogen-bond donors (Lipinski definition) is 0. The quantitative estimate of drug-likeness (QED) is 0.525. The maximum Gasteiger partial charge on any atom is 0.165 e. The van der Waals surface area contributed by atoms with Gasteiger partial charge in [0.25, 0.3) is 0 Å². The van der Waals surface area contributed by atoms with Crippen LogP contribution in [0.15, 0.2) is 48.7 Å². The van der Waals surface area contributed by atoms with Crippen LogP contribution in [0.25, 0.3) is 10.9 Å². The van der Waals surface area contributed by atoms with Crippen LogP contribution in [0, 0.1) is 5.82 Å². The number of likely N-dealkylation sites (N-methyl/N-ethyl adjacent to an activating group) is 1. The van der Waals surface area contributed by atoms with Crippen molar-refractivity contribution in [2.45, 2.75) is 13.8 Å². The van der Waals surface area contributed by atoms with Crippen molar-refractivity contribution in [3.8, 4) is 23.0 Å². The molecule has 0 fully saturated rings. The molecule has 28 heavy (non-hydrogen) atoms. The lowest BCUT2D eigenvalue weighted by atomic mass is 10.2. The summed E-state index contributed by atoms with van der Waals surface area (Å²) < 4.78 is 31.2. The SMILES string of the molecule is CCN(CC)CCOc1cc2nccc(Oc3ccccc3F)c2cc1OC. The molecule has 0 amide bonds. The highest BCUT2D eigenvalue weighted by atomic mass is 19.1. The van der Waals surface area contributed by atoms with Crippen LogP contribution < -0.4 is 14.2 Å². The fourth-order valence-electron chi connectivity index (χ4n) is 2.96. The zero-order valence-electron chi connectivity index (χ0n) is 16.4. The van der Waals surface area contributed by atoms with Gasteiger partial charge in [-0.15, -0.1) is 0 Å². The number of aromatic nitrogens is 1. The highest BCUT2D eigenvalue weighted by Gasteiger charge is 2.13. The zero-order chi connectivity index (χ0) is 19.9. The molecule has 1 aromatic heterocycles. The molecule has 148 valence electrons. The Morgan fingerprint density at radius 2 is 1.75 bits per heavy atom. The third-order valence-corrected chi connectivity index (χ3v) is 4.60. The second-order valence-corrected chi connectivity index (χ2v) is 6.24. The second-order valence-electron chi connectivity index (χ2n) is 6.24. The molecule has 0 atom stereocenters. The molecular weight excluding hydrogens is 359 g/mol. The Kier molecular flexibility index (Phi) is 6.66. The minimum atomic E-state index is -0.421. The predicted molar refractivity (Wildman–Crippen MR) is 108 cm³/mol. The molecule has 1 heterocycles. The predicted octanol–water partition coefficient (Wildman–Crippen LogP) is 4.90. The molecule has 0 aliphatic heterocycles. The Morgan fingerprint density at radius 3 is 2.46 bits per heavy atom. The van der Waals surface area contributed by atoms with Crippen LogP contribution in [0.2, 0.25) is 0 Å². The van der Waals surface area contributed by atoms with Crippen molar-refractivity contribution in [2.75, 3.05) is 33.4 Å². The molecule has 3 rings (SSSR count). The van der Waals surface area contributed by atoms with Crippen molar-refractivity contribution in [1.29, 1.82) is 0 Å². The number of rotatable bonds is 9. The molecule has 0 radical (unpaired) electrons. The first-order valence-electron chi connectivity index (χ1n) is 9.40. The van der Waals surface area contributed by atoms with Gasteiger partial charge in [0, 0.05) is 24.2 Å². The molecule has 0 saturated carbocycles. The summed E-state index contributed by atoms with van der Waals surface area (Å²) in [6, 6.07) is 11.6. The summed E-state index contributed by atoms with van der Waals surface area (Å²) >= 11 is 0. The monoisotopic (exact) mass is 384 g/mol. The molecule has 6 heteroatoms. The van der Waals surface area contributed by atoms with Gasteiger partial charge in [-0.05, 0) is 37.4 Å². The molecule has 3 aromatic rings. The summed E-state index contributed by atoms with van der Waals surface area (Å²) in [5, 5.41) is 0.721. The number of fused-ring (bicyclic) bond motifs is 1.